The maximum Gasteiger partial charge on any atom is 0.104 e. The highest BCUT2D eigenvalue weighted by Crippen LogP contribution is 2.28. The molecule has 0 amide bonds. The number of nitrogens with two attached hydrogens (primary N) is 1. The quantitative estimate of drug-likeness (QED) is 0.782. The van der Waals surface area contributed by atoms with Crippen LogP contribution in [0, 0.1) is 13.8 Å². The van der Waals surface area contributed by atoms with Crippen molar-refractivity contribution in [3.05, 3.63) is 21.4 Å². The highest BCUT2D eigenvalue weighted by atomic mass is 32.1. The second-order valence-corrected chi connectivity index (χ2v) is 4.15. The zero-order valence-electron chi connectivity index (χ0n) is 7.76. The van der Waals surface area contributed by atoms with Crippen LogP contribution in [0.15, 0.2) is 6.07 Å². The molecule has 68 valence electrons. The minimum atomic E-state index is 0.0729. The van der Waals surface area contributed by atoms with E-state index in [4.69, 9.17) is 10.5 Å². The molecule has 1 unspecified atom stereocenters. The molecule has 1 aromatic heterocycles. The first kappa shape index (κ1) is 9.71. The van der Waals surface area contributed by atoms with Gasteiger partial charge in [-0.15, -0.1) is 11.3 Å². The summed E-state index contributed by atoms with van der Waals surface area (Å²) >= 11 is 1.77. The minimum Gasteiger partial charge on any atom is -0.375 e. The van der Waals surface area contributed by atoms with E-state index in [9.17, 15) is 0 Å². The highest BCUT2D eigenvalue weighted by Gasteiger charge is 2.13. The molecule has 1 rings (SSSR count). The third-order valence-electron chi connectivity index (χ3n) is 1.87. The van der Waals surface area contributed by atoms with Crippen molar-refractivity contribution in [1.29, 1.82) is 0 Å². The lowest BCUT2D eigenvalue weighted by atomic mass is 10.2. The Bertz CT molecular complexity index is 253. The van der Waals surface area contributed by atoms with Gasteiger partial charge in [-0.05, 0) is 25.5 Å². The molecule has 0 spiro atoms. The van der Waals surface area contributed by atoms with E-state index >= 15 is 0 Å². The fourth-order valence-electron chi connectivity index (χ4n) is 1.29. The molecule has 0 aliphatic heterocycles. The third-order valence-corrected chi connectivity index (χ3v) is 3.12. The second-order valence-electron chi connectivity index (χ2n) is 2.86. The fraction of sp³-hybridized carbons (Fsp3) is 0.556. The van der Waals surface area contributed by atoms with Crippen LogP contribution >= 0.6 is 11.3 Å². The molecule has 1 atom stereocenters. The van der Waals surface area contributed by atoms with Crippen molar-refractivity contribution in [2.45, 2.75) is 20.0 Å². The SMILES string of the molecule is COC(CN)c1sc(C)cc1C. The van der Waals surface area contributed by atoms with Gasteiger partial charge in [0.25, 0.3) is 0 Å². The third kappa shape index (κ3) is 1.86. The molecule has 1 aromatic rings. The van der Waals surface area contributed by atoms with Gasteiger partial charge in [-0.3, -0.25) is 0 Å². The summed E-state index contributed by atoms with van der Waals surface area (Å²) in [5.74, 6) is 0. The number of thiophene rings is 1. The summed E-state index contributed by atoms with van der Waals surface area (Å²) in [6.45, 7) is 4.75. The van der Waals surface area contributed by atoms with Gasteiger partial charge >= 0.3 is 0 Å². The Labute approximate surface area is 77.3 Å². The molecule has 12 heavy (non-hydrogen) atoms. The Morgan fingerprint density at radius 2 is 2.25 bits per heavy atom. The molecule has 1 heterocycles. The molecular weight excluding hydrogens is 170 g/mol. The van der Waals surface area contributed by atoms with Crippen LogP contribution in [-0.4, -0.2) is 13.7 Å². The topological polar surface area (TPSA) is 35.2 Å². The summed E-state index contributed by atoms with van der Waals surface area (Å²) in [5, 5.41) is 0. The molecule has 0 saturated carbocycles. The van der Waals surface area contributed by atoms with Crippen LogP contribution in [0.5, 0.6) is 0 Å². The van der Waals surface area contributed by atoms with Crippen molar-refractivity contribution in [1.82, 2.24) is 0 Å². The van der Waals surface area contributed by atoms with Crippen molar-refractivity contribution >= 4 is 11.3 Å². The average molecular weight is 185 g/mol. The van der Waals surface area contributed by atoms with Gasteiger partial charge in [0.2, 0.25) is 0 Å². The minimum absolute atomic E-state index is 0.0729. The standard InChI is InChI=1S/C9H15NOS/c1-6-4-7(2)12-9(6)8(5-10)11-3/h4,8H,5,10H2,1-3H3. The van der Waals surface area contributed by atoms with Crippen LogP contribution in [0.3, 0.4) is 0 Å². The maximum absolute atomic E-state index is 5.58. The Morgan fingerprint density at radius 3 is 2.58 bits per heavy atom. The van der Waals surface area contributed by atoms with Crippen molar-refractivity contribution in [2.75, 3.05) is 13.7 Å². The lowest BCUT2D eigenvalue weighted by Crippen LogP contribution is -2.13. The molecule has 3 heteroatoms. The van der Waals surface area contributed by atoms with Gasteiger partial charge in [0.05, 0.1) is 0 Å². The Balaban J connectivity index is 2.91. The van der Waals surface area contributed by atoms with Crippen LogP contribution < -0.4 is 5.73 Å². The number of ether oxygens (including phenoxy) is 1. The van der Waals surface area contributed by atoms with E-state index in [0.717, 1.165) is 0 Å². The highest BCUT2D eigenvalue weighted by molar-refractivity contribution is 7.12. The molecule has 0 saturated heterocycles. The van der Waals surface area contributed by atoms with Gasteiger partial charge in [-0.1, -0.05) is 0 Å². The zero-order valence-corrected chi connectivity index (χ0v) is 8.57. The van der Waals surface area contributed by atoms with E-state index in [0.29, 0.717) is 6.54 Å². The smallest absolute Gasteiger partial charge is 0.104 e. The summed E-state index contributed by atoms with van der Waals surface area (Å²) < 4.78 is 5.27. The Hall–Kier alpha value is -0.380. The molecule has 0 radical (unpaired) electrons. The van der Waals surface area contributed by atoms with Crippen LogP contribution in [0.4, 0.5) is 0 Å². The Kier molecular flexibility index (Phi) is 3.26. The fourth-order valence-corrected chi connectivity index (χ4v) is 2.42. The van der Waals surface area contributed by atoms with E-state index in [2.05, 4.69) is 19.9 Å². The lowest BCUT2D eigenvalue weighted by molar-refractivity contribution is 0.113. The number of rotatable bonds is 3. The van der Waals surface area contributed by atoms with Crippen molar-refractivity contribution in [3.63, 3.8) is 0 Å². The summed E-state index contributed by atoms with van der Waals surface area (Å²) in [4.78, 5) is 2.58. The van der Waals surface area contributed by atoms with Crippen LogP contribution in [0.25, 0.3) is 0 Å². The predicted molar refractivity (Wildman–Crippen MR) is 52.6 cm³/mol. The number of aryl methyl sites for hydroxylation is 2. The maximum atomic E-state index is 5.58. The molecule has 0 bridgehead atoms. The molecule has 0 aliphatic carbocycles. The first-order valence-corrected chi connectivity index (χ1v) is 4.80. The van der Waals surface area contributed by atoms with Crippen molar-refractivity contribution < 1.29 is 4.74 Å². The first-order chi connectivity index (χ1) is 5.69. The molecule has 0 aromatic carbocycles. The zero-order chi connectivity index (χ0) is 9.14. The van der Waals surface area contributed by atoms with E-state index < -0.39 is 0 Å². The van der Waals surface area contributed by atoms with E-state index in [-0.39, 0.29) is 6.10 Å². The van der Waals surface area contributed by atoms with Crippen LogP contribution in [0.1, 0.15) is 21.4 Å². The number of hydrogen-bond acceptors (Lipinski definition) is 3. The van der Waals surface area contributed by atoms with Crippen LogP contribution in [-0.2, 0) is 4.74 Å². The van der Waals surface area contributed by atoms with Gasteiger partial charge < -0.3 is 10.5 Å². The number of hydrogen-bond donors (Lipinski definition) is 1. The van der Waals surface area contributed by atoms with Crippen molar-refractivity contribution in [2.24, 2.45) is 5.73 Å². The van der Waals surface area contributed by atoms with E-state index in [1.807, 2.05) is 0 Å². The molecule has 2 nitrogen and oxygen atoms in total. The average Bonchev–Trinajstić information content (AvgIpc) is 2.34. The monoisotopic (exact) mass is 185 g/mol. The Morgan fingerprint density at radius 1 is 1.58 bits per heavy atom. The van der Waals surface area contributed by atoms with E-state index in [1.54, 1.807) is 18.4 Å². The van der Waals surface area contributed by atoms with Gasteiger partial charge in [0.1, 0.15) is 6.10 Å². The van der Waals surface area contributed by atoms with Gasteiger partial charge in [0.15, 0.2) is 0 Å². The number of methoxy groups -OCH3 is 1. The van der Waals surface area contributed by atoms with Crippen LogP contribution in [0.2, 0.25) is 0 Å². The van der Waals surface area contributed by atoms with Crippen molar-refractivity contribution in [3.8, 4) is 0 Å². The van der Waals surface area contributed by atoms with Gasteiger partial charge in [-0.2, -0.15) is 0 Å². The summed E-state index contributed by atoms with van der Waals surface area (Å²) in [5.41, 5.74) is 6.86. The molecular formula is C9H15NOS. The lowest BCUT2D eigenvalue weighted by Gasteiger charge is -2.11. The largest absolute Gasteiger partial charge is 0.375 e. The van der Waals surface area contributed by atoms with E-state index in [1.165, 1.54) is 15.3 Å². The molecule has 2 N–H and O–H groups in total. The first-order valence-electron chi connectivity index (χ1n) is 3.98. The second kappa shape index (κ2) is 4.03. The summed E-state index contributed by atoms with van der Waals surface area (Å²) in [7, 11) is 1.70. The van der Waals surface area contributed by atoms with Gasteiger partial charge in [0, 0.05) is 23.4 Å². The van der Waals surface area contributed by atoms with Gasteiger partial charge in [-0.25, -0.2) is 0 Å². The normalized spacial score (nSPS) is 13.3. The molecule has 0 aliphatic rings. The summed E-state index contributed by atoms with van der Waals surface area (Å²) in [6, 6.07) is 2.17. The summed E-state index contributed by atoms with van der Waals surface area (Å²) in [6.07, 6.45) is 0.0729. The predicted octanol–water partition coefficient (Wildman–Crippen LogP) is 2.01. The molecule has 0 fully saturated rings.